The van der Waals surface area contributed by atoms with E-state index in [0.717, 1.165) is 96.1 Å². The van der Waals surface area contributed by atoms with Crippen molar-refractivity contribution in [3.05, 3.63) is 106 Å². The highest BCUT2D eigenvalue weighted by Gasteiger charge is 2.34. The number of hydrogen-bond donors (Lipinski definition) is 2. The number of pyridine rings is 2. The first-order chi connectivity index (χ1) is 28.1. The van der Waals surface area contributed by atoms with E-state index in [4.69, 9.17) is 9.47 Å². The molecule has 0 spiro atoms. The molecule has 12 heteroatoms. The summed E-state index contributed by atoms with van der Waals surface area (Å²) >= 11 is 0. The molecule has 2 N–H and O–H groups in total. The van der Waals surface area contributed by atoms with Gasteiger partial charge in [-0.25, -0.2) is 0 Å². The number of rotatable bonds is 13. The van der Waals surface area contributed by atoms with Crippen molar-refractivity contribution in [2.75, 3.05) is 51.0 Å². The first-order valence-electron chi connectivity index (χ1n) is 20.5. The monoisotopic (exact) mass is 784 g/mol. The number of amides is 2. The molecule has 2 atom stereocenters. The lowest BCUT2D eigenvalue weighted by Gasteiger charge is -2.19. The van der Waals surface area contributed by atoms with E-state index < -0.39 is 0 Å². The van der Waals surface area contributed by atoms with Crippen LogP contribution in [0, 0.1) is 25.7 Å². The SMILES string of the molecule is COC(=O)[C@H]1CCN(Cc2cnc(C(=O)Nc3cccc(-c4cccc(NC(=O)c5cc(C6CC6)c(CN6CC[C@H](C(=O)OC)C6)cn5)c4C)c3C)cc2C2CC2)C1. The van der Waals surface area contributed by atoms with Crippen LogP contribution in [0.15, 0.2) is 60.9 Å². The maximum Gasteiger partial charge on any atom is 0.310 e. The molecule has 0 bridgehead atoms. The number of hydrogen-bond acceptors (Lipinski definition) is 10. The summed E-state index contributed by atoms with van der Waals surface area (Å²) in [6.45, 7) is 8.34. The Kier molecular flexibility index (Phi) is 11.4. The Morgan fingerprint density at radius 3 is 1.43 bits per heavy atom. The van der Waals surface area contributed by atoms with Gasteiger partial charge in [0.2, 0.25) is 0 Å². The number of esters is 2. The summed E-state index contributed by atoms with van der Waals surface area (Å²) in [5.74, 6) is -0.223. The Morgan fingerprint density at radius 2 is 1.05 bits per heavy atom. The zero-order valence-electron chi connectivity index (χ0n) is 33.8. The first kappa shape index (κ1) is 39.4. The molecular formula is C46H52N6O6. The van der Waals surface area contributed by atoms with Crippen molar-refractivity contribution in [2.24, 2.45) is 11.8 Å². The molecule has 2 aromatic heterocycles. The molecule has 2 amide bonds. The fourth-order valence-electron chi connectivity index (χ4n) is 8.71. The van der Waals surface area contributed by atoms with Crippen molar-refractivity contribution in [3.8, 4) is 11.1 Å². The summed E-state index contributed by atoms with van der Waals surface area (Å²) in [6.07, 6.45) is 9.59. The Hall–Kier alpha value is -5.46. The Balaban J connectivity index is 0.950. The van der Waals surface area contributed by atoms with Crippen LogP contribution in [0.4, 0.5) is 11.4 Å². The van der Waals surface area contributed by atoms with Gasteiger partial charge in [0.1, 0.15) is 11.4 Å². The summed E-state index contributed by atoms with van der Waals surface area (Å²) < 4.78 is 9.93. The summed E-state index contributed by atoms with van der Waals surface area (Å²) in [5.41, 5.74) is 10.3. The molecule has 2 aliphatic carbocycles. The summed E-state index contributed by atoms with van der Waals surface area (Å²) in [6, 6.07) is 15.6. The summed E-state index contributed by atoms with van der Waals surface area (Å²) in [7, 11) is 2.88. The van der Waals surface area contributed by atoms with Gasteiger partial charge in [-0.15, -0.1) is 0 Å². The first-order valence-corrected chi connectivity index (χ1v) is 20.5. The molecule has 12 nitrogen and oxygen atoms in total. The van der Waals surface area contributed by atoms with Crippen molar-refractivity contribution < 1.29 is 28.7 Å². The number of nitrogens with zero attached hydrogens (tertiary/aromatic N) is 4. The van der Waals surface area contributed by atoms with Crippen molar-refractivity contribution in [1.29, 1.82) is 0 Å². The van der Waals surface area contributed by atoms with Crippen LogP contribution >= 0.6 is 0 Å². The number of carbonyl (C=O) groups excluding carboxylic acids is 4. The highest BCUT2D eigenvalue weighted by atomic mass is 16.5. The van der Waals surface area contributed by atoms with Crippen LogP contribution in [0.2, 0.25) is 0 Å². The van der Waals surface area contributed by atoms with Gasteiger partial charge < -0.3 is 20.1 Å². The van der Waals surface area contributed by atoms with Crippen LogP contribution in [-0.2, 0) is 32.2 Å². The van der Waals surface area contributed by atoms with Crippen LogP contribution in [0.25, 0.3) is 11.1 Å². The molecule has 4 fully saturated rings. The second-order valence-electron chi connectivity index (χ2n) is 16.4. The van der Waals surface area contributed by atoms with Crippen molar-refractivity contribution >= 4 is 35.1 Å². The van der Waals surface area contributed by atoms with Crippen LogP contribution in [-0.4, -0.2) is 83.9 Å². The number of methoxy groups -OCH3 is 2. The quantitative estimate of drug-likeness (QED) is 0.136. The fraction of sp³-hybridized carbons (Fsp3) is 0.435. The lowest BCUT2D eigenvalue weighted by atomic mass is 9.94. The highest BCUT2D eigenvalue weighted by molar-refractivity contribution is 6.05. The average molecular weight is 785 g/mol. The van der Waals surface area contributed by atoms with Gasteiger partial charge in [0.05, 0.1) is 26.1 Å². The van der Waals surface area contributed by atoms with Crippen LogP contribution < -0.4 is 10.6 Å². The number of likely N-dealkylation sites (tertiary alicyclic amines) is 2. The molecule has 0 unspecified atom stereocenters. The summed E-state index contributed by atoms with van der Waals surface area (Å²) in [4.78, 5) is 65.3. The van der Waals surface area contributed by atoms with E-state index in [2.05, 4.69) is 30.4 Å². The van der Waals surface area contributed by atoms with Crippen molar-refractivity contribution in [1.82, 2.24) is 19.8 Å². The van der Waals surface area contributed by atoms with Gasteiger partial charge >= 0.3 is 11.9 Å². The molecule has 8 rings (SSSR count). The van der Waals surface area contributed by atoms with Gasteiger partial charge in [0, 0.05) is 49.9 Å². The minimum atomic E-state index is -0.270. The Labute approximate surface area is 339 Å². The molecule has 2 saturated heterocycles. The van der Waals surface area contributed by atoms with E-state index in [9.17, 15) is 19.2 Å². The second kappa shape index (κ2) is 16.8. The maximum absolute atomic E-state index is 13.7. The van der Waals surface area contributed by atoms with Gasteiger partial charge in [-0.05, 0) is 146 Å². The normalized spacial score (nSPS) is 19.5. The van der Waals surface area contributed by atoms with Gasteiger partial charge in [0.15, 0.2) is 0 Å². The van der Waals surface area contributed by atoms with E-state index in [0.29, 0.717) is 60.8 Å². The lowest BCUT2D eigenvalue weighted by Crippen LogP contribution is -2.24. The molecule has 4 aromatic rings. The fourth-order valence-corrected chi connectivity index (χ4v) is 8.71. The molecule has 58 heavy (non-hydrogen) atoms. The smallest absolute Gasteiger partial charge is 0.310 e. The Bertz CT molecular complexity index is 2090. The standard InChI is InChI=1S/C46H52N6O6/c1-27-35(7-5-9-39(27)49-43(53)41-19-37(29-11-12-29)33(21-47-41)25-51-17-15-31(23-51)45(55)57-3)36-8-6-10-40(28(36)2)50-44(54)42-20-38(30-13-14-30)34(22-48-42)26-52-18-16-32(24-52)46(56)58-4/h5-10,19-22,29-32H,11-18,23-26H2,1-4H3,(H,49,53)(H,50,54)/t31-,32-/m0/s1. The van der Waals surface area contributed by atoms with Gasteiger partial charge in [0.25, 0.3) is 11.8 Å². The minimum absolute atomic E-state index is 0.102. The van der Waals surface area contributed by atoms with Crippen LogP contribution in [0.3, 0.4) is 0 Å². The maximum atomic E-state index is 13.7. The molecule has 2 saturated carbocycles. The molecule has 302 valence electrons. The van der Waals surface area contributed by atoms with Crippen LogP contribution in [0.5, 0.6) is 0 Å². The number of aromatic nitrogens is 2. The topological polar surface area (TPSA) is 143 Å². The highest BCUT2D eigenvalue weighted by Crippen LogP contribution is 2.44. The van der Waals surface area contributed by atoms with E-state index in [-0.39, 0.29) is 35.6 Å². The molecule has 4 heterocycles. The largest absolute Gasteiger partial charge is 0.469 e. The van der Waals surface area contributed by atoms with Gasteiger partial charge in [-0.3, -0.25) is 38.9 Å². The van der Waals surface area contributed by atoms with Crippen molar-refractivity contribution in [2.45, 2.75) is 77.3 Å². The zero-order chi connectivity index (χ0) is 40.5. The molecule has 2 aliphatic heterocycles. The van der Waals surface area contributed by atoms with Crippen molar-refractivity contribution in [3.63, 3.8) is 0 Å². The van der Waals surface area contributed by atoms with E-state index in [1.54, 1.807) is 0 Å². The van der Waals surface area contributed by atoms with E-state index >= 15 is 0 Å². The number of anilines is 2. The third-order valence-corrected chi connectivity index (χ3v) is 12.4. The summed E-state index contributed by atoms with van der Waals surface area (Å²) in [5, 5.41) is 6.24. The number of carbonyl (C=O) groups is 4. The Morgan fingerprint density at radius 1 is 0.638 bits per heavy atom. The molecule has 0 radical (unpaired) electrons. The molecular weight excluding hydrogens is 733 g/mol. The molecule has 4 aliphatic rings. The van der Waals surface area contributed by atoms with E-state index in [1.807, 2.05) is 74.8 Å². The van der Waals surface area contributed by atoms with Crippen LogP contribution in [0.1, 0.15) is 105 Å². The van der Waals surface area contributed by atoms with E-state index in [1.165, 1.54) is 14.2 Å². The van der Waals surface area contributed by atoms with Gasteiger partial charge in [-0.2, -0.15) is 0 Å². The number of ether oxygens (including phenoxy) is 2. The molecule has 2 aromatic carbocycles. The van der Waals surface area contributed by atoms with Gasteiger partial charge in [-0.1, -0.05) is 24.3 Å². The average Bonchev–Trinajstić information content (AvgIpc) is 4.17. The predicted molar refractivity (Wildman–Crippen MR) is 220 cm³/mol. The number of nitrogens with one attached hydrogen (secondary N) is 2. The minimum Gasteiger partial charge on any atom is -0.469 e. The third-order valence-electron chi connectivity index (χ3n) is 12.4. The third kappa shape index (κ3) is 8.54. The number of benzene rings is 2. The predicted octanol–water partition coefficient (Wildman–Crippen LogP) is 7.01. The second-order valence-corrected chi connectivity index (χ2v) is 16.4. The lowest BCUT2D eigenvalue weighted by molar-refractivity contribution is -0.145. The zero-order valence-corrected chi connectivity index (χ0v) is 33.8.